The molecule has 0 unspecified atom stereocenters. The molecule has 2 aromatic rings. The van der Waals surface area contributed by atoms with Crippen LogP contribution in [0.25, 0.3) is 0 Å². The molecule has 0 bridgehead atoms. The Balaban J connectivity index is 2.05. The van der Waals surface area contributed by atoms with Crippen molar-refractivity contribution in [3.63, 3.8) is 0 Å². The number of nitro benzene ring substituents is 1. The Kier molecular flexibility index (Phi) is 8.01. The SMILES string of the molecule is Cc1c(C(=O)NC[C@H]2CCCO2)nn(C(C)(C)C)c1Oc1ccc([N+](=O)[O-])cc1S(=O)(=O)NC(C)(C)C. The molecule has 1 saturated heterocycles. The summed E-state index contributed by atoms with van der Waals surface area (Å²) in [6, 6.07) is 3.34. The third kappa shape index (κ3) is 6.84. The highest BCUT2D eigenvalue weighted by Gasteiger charge is 2.32. The second kappa shape index (κ2) is 10.4. The average Bonchev–Trinajstić information content (AvgIpc) is 3.38. The van der Waals surface area contributed by atoms with Crippen molar-refractivity contribution < 1.29 is 27.6 Å². The number of nitrogens with zero attached hydrogens (tertiary/aromatic N) is 3. The Labute approximate surface area is 216 Å². The molecular weight excluding hydrogens is 502 g/mol. The van der Waals surface area contributed by atoms with Gasteiger partial charge in [-0.1, -0.05) is 0 Å². The first-order chi connectivity index (χ1) is 17.0. The molecule has 0 saturated carbocycles. The van der Waals surface area contributed by atoms with E-state index < -0.39 is 42.5 Å². The van der Waals surface area contributed by atoms with Crippen LogP contribution in [0.1, 0.15) is 70.4 Å². The zero-order chi connectivity index (χ0) is 27.8. The number of amides is 1. The van der Waals surface area contributed by atoms with Gasteiger partial charge in [-0.2, -0.15) is 5.10 Å². The fourth-order valence-corrected chi connectivity index (χ4v) is 5.40. The van der Waals surface area contributed by atoms with Gasteiger partial charge in [0.05, 0.1) is 16.6 Å². The number of non-ortho nitro benzene ring substituents is 1. The smallest absolute Gasteiger partial charge is 0.272 e. The molecule has 1 aliphatic rings. The number of carbonyl (C=O) groups is 1. The normalized spacial score (nSPS) is 16.6. The van der Waals surface area contributed by atoms with E-state index in [0.29, 0.717) is 18.7 Å². The van der Waals surface area contributed by atoms with Gasteiger partial charge in [-0.3, -0.25) is 14.9 Å². The molecule has 0 spiro atoms. The van der Waals surface area contributed by atoms with E-state index >= 15 is 0 Å². The second-order valence-corrected chi connectivity index (χ2v) is 12.7. The lowest BCUT2D eigenvalue weighted by Crippen LogP contribution is -2.40. The highest BCUT2D eigenvalue weighted by Crippen LogP contribution is 2.37. The molecule has 37 heavy (non-hydrogen) atoms. The summed E-state index contributed by atoms with van der Waals surface area (Å²) < 4.78 is 42.1. The van der Waals surface area contributed by atoms with Gasteiger partial charge in [-0.05, 0) is 67.4 Å². The van der Waals surface area contributed by atoms with Gasteiger partial charge in [0.15, 0.2) is 5.69 Å². The Hall–Kier alpha value is -3.03. The van der Waals surface area contributed by atoms with Gasteiger partial charge in [0.2, 0.25) is 15.9 Å². The van der Waals surface area contributed by atoms with E-state index in [1.54, 1.807) is 27.7 Å². The summed E-state index contributed by atoms with van der Waals surface area (Å²) in [6.07, 6.45) is 1.76. The predicted molar refractivity (Wildman–Crippen MR) is 137 cm³/mol. The van der Waals surface area contributed by atoms with Crippen LogP contribution in [-0.2, 0) is 20.3 Å². The number of sulfonamides is 1. The molecule has 2 heterocycles. The number of hydrogen-bond donors (Lipinski definition) is 2. The van der Waals surface area contributed by atoms with Crippen molar-refractivity contribution in [3.8, 4) is 11.6 Å². The third-order valence-electron chi connectivity index (χ3n) is 5.51. The zero-order valence-corrected chi connectivity index (χ0v) is 23.1. The van der Waals surface area contributed by atoms with E-state index in [4.69, 9.17) is 9.47 Å². The molecule has 2 N–H and O–H groups in total. The van der Waals surface area contributed by atoms with Crippen molar-refractivity contribution in [3.05, 3.63) is 39.6 Å². The topological polar surface area (TPSA) is 155 Å². The van der Waals surface area contributed by atoms with Crippen LogP contribution in [0.3, 0.4) is 0 Å². The van der Waals surface area contributed by atoms with Crippen molar-refractivity contribution in [1.82, 2.24) is 19.8 Å². The first-order valence-corrected chi connectivity index (χ1v) is 13.5. The van der Waals surface area contributed by atoms with E-state index in [2.05, 4.69) is 15.1 Å². The highest BCUT2D eigenvalue weighted by atomic mass is 32.2. The number of nitrogens with one attached hydrogen (secondary N) is 2. The minimum absolute atomic E-state index is 0.0483. The maximum atomic E-state index is 13.2. The van der Waals surface area contributed by atoms with Crippen LogP contribution in [0.2, 0.25) is 0 Å². The van der Waals surface area contributed by atoms with E-state index in [-0.39, 0.29) is 23.4 Å². The molecule has 3 rings (SSSR count). The quantitative estimate of drug-likeness (QED) is 0.382. The predicted octanol–water partition coefficient (Wildman–Crippen LogP) is 3.63. The summed E-state index contributed by atoms with van der Waals surface area (Å²) in [5.74, 6) is -0.398. The van der Waals surface area contributed by atoms with Crippen molar-refractivity contribution in [1.29, 1.82) is 0 Å². The van der Waals surface area contributed by atoms with Gasteiger partial charge in [0, 0.05) is 36.4 Å². The minimum Gasteiger partial charge on any atom is -0.438 e. The molecule has 0 radical (unpaired) electrons. The fraction of sp³-hybridized carbons (Fsp3) is 0.583. The standard InChI is InChI=1S/C24H35N5O7S/c1-15-20(21(30)25-14-17-9-8-12-35-17)26-28(24(5,6)7)22(15)36-18-11-10-16(29(31)32)13-19(18)37(33,34)27-23(2,3)4/h10-11,13,17,27H,8-9,12,14H2,1-7H3,(H,25,30)/t17-/m1/s1. The maximum absolute atomic E-state index is 13.2. The van der Waals surface area contributed by atoms with Crippen LogP contribution in [0.15, 0.2) is 23.1 Å². The summed E-state index contributed by atoms with van der Waals surface area (Å²) in [6.45, 7) is 13.2. The summed E-state index contributed by atoms with van der Waals surface area (Å²) in [4.78, 5) is 23.3. The van der Waals surface area contributed by atoms with E-state index in [1.807, 2.05) is 20.8 Å². The lowest BCUT2D eigenvalue weighted by atomic mass is 10.1. The van der Waals surface area contributed by atoms with Gasteiger partial charge in [-0.15, -0.1) is 0 Å². The van der Waals surface area contributed by atoms with Crippen LogP contribution in [0, 0.1) is 17.0 Å². The fourth-order valence-electron chi connectivity index (χ4n) is 3.83. The summed E-state index contributed by atoms with van der Waals surface area (Å²) >= 11 is 0. The number of hydrogen-bond acceptors (Lipinski definition) is 8. The molecule has 0 aliphatic carbocycles. The molecule has 1 atom stereocenters. The largest absolute Gasteiger partial charge is 0.438 e. The Bertz CT molecular complexity index is 1280. The second-order valence-electron chi connectivity index (χ2n) is 11.1. The highest BCUT2D eigenvalue weighted by molar-refractivity contribution is 7.89. The molecule has 13 heteroatoms. The molecule has 1 aromatic heterocycles. The number of benzene rings is 1. The molecule has 1 aromatic carbocycles. The number of nitro groups is 1. The Morgan fingerprint density at radius 3 is 2.49 bits per heavy atom. The van der Waals surface area contributed by atoms with Gasteiger partial charge in [0.1, 0.15) is 10.6 Å². The summed E-state index contributed by atoms with van der Waals surface area (Å²) in [5, 5.41) is 18.7. The van der Waals surface area contributed by atoms with Gasteiger partial charge in [-0.25, -0.2) is 17.8 Å². The zero-order valence-electron chi connectivity index (χ0n) is 22.2. The molecule has 1 amide bonds. The molecular formula is C24H35N5O7S. The van der Waals surface area contributed by atoms with Gasteiger partial charge in [0.25, 0.3) is 11.6 Å². The lowest BCUT2D eigenvalue weighted by Gasteiger charge is -2.24. The summed E-state index contributed by atoms with van der Waals surface area (Å²) in [7, 11) is -4.22. The van der Waals surface area contributed by atoms with Crippen molar-refractivity contribution >= 4 is 21.6 Å². The van der Waals surface area contributed by atoms with Crippen LogP contribution in [0.4, 0.5) is 5.69 Å². The van der Waals surface area contributed by atoms with Crippen LogP contribution in [-0.4, -0.2) is 53.8 Å². The van der Waals surface area contributed by atoms with Crippen LogP contribution >= 0.6 is 0 Å². The van der Waals surface area contributed by atoms with Gasteiger partial charge >= 0.3 is 0 Å². The molecule has 12 nitrogen and oxygen atoms in total. The Morgan fingerprint density at radius 1 is 1.27 bits per heavy atom. The van der Waals surface area contributed by atoms with Crippen molar-refractivity contribution in [2.24, 2.45) is 0 Å². The average molecular weight is 538 g/mol. The number of rotatable bonds is 8. The Morgan fingerprint density at radius 2 is 1.95 bits per heavy atom. The maximum Gasteiger partial charge on any atom is 0.272 e. The lowest BCUT2D eigenvalue weighted by molar-refractivity contribution is -0.385. The first-order valence-electron chi connectivity index (χ1n) is 12.0. The van der Waals surface area contributed by atoms with Crippen LogP contribution in [0.5, 0.6) is 11.6 Å². The number of ether oxygens (including phenoxy) is 2. The molecule has 1 fully saturated rings. The van der Waals surface area contributed by atoms with Gasteiger partial charge < -0.3 is 14.8 Å². The van der Waals surface area contributed by atoms with E-state index in [0.717, 1.165) is 25.0 Å². The number of carbonyl (C=O) groups excluding carboxylic acids is 1. The van der Waals surface area contributed by atoms with E-state index in [1.165, 1.54) is 10.7 Å². The molecule has 204 valence electrons. The van der Waals surface area contributed by atoms with Crippen molar-refractivity contribution in [2.75, 3.05) is 13.2 Å². The molecule has 1 aliphatic heterocycles. The number of aromatic nitrogens is 2. The van der Waals surface area contributed by atoms with Crippen LogP contribution < -0.4 is 14.8 Å². The van der Waals surface area contributed by atoms with Crippen molar-refractivity contribution in [2.45, 2.75) is 83.4 Å². The third-order valence-corrected chi connectivity index (χ3v) is 7.29. The summed E-state index contributed by atoms with van der Waals surface area (Å²) in [5.41, 5.74) is -1.38. The first kappa shape index (κ1) is 28.5. The minimum atomic E-state index is -4.22. The van der Waals surface area contributed by atoms with E-state index in [9.17, 15) is 23.3 Å². The monoisotopic (exact) mass is 537 g/mol.